The van der Waals surface area contributed by atoms with Crippen molar-refractivity contribution in [2.24, 2.45) is 0 Å². The first kappa shape index (κ1) is 14.4. The van der Waals surface area contributed by atoms with Crippen LogP contribution >= 0.6 is 15.9 Å². The van der Waals surface area contributed by atoms with E-state index in [1.807, 2.05) is 12.1 Å². The van der Waals surface area contributed by atoms with Crippen molar-refractivity contribution in [2.75, 3.05) is 13.2 Å². The predicted octanol–water partition coefficient (Wildman–Crippen LogP) is 4.28. The van der Waals surface area contributed by atoms with Gasteiger partial charge in [-0.1, -0.05) is 28.1 Å². The van der Waals surface area contributed by atoms with Crippen molar-refractivity contribution in [2.45, 2.75) is 18.2 Å². The van der Waals surface area contributed by atoms with Gasteiger partial charge in [-0.25, -0.2) is 4.39 Å². The van der Waals surface area contributed by atoms with Crippen LogP contribution in [0.15, 0.2) is 36.4 Å². The molecule has 0 radical (unpaired) electrons. The first-order chi connectivity index (χ1) is 10.2. The SMILES string of the molecule is Fc1cc(CBr)cc(OCCc2ccc3c(c2)CCO3)c1. The number of fused-ring (bicyclic) bond motifs is 1. The first-order valence-electron chi connectivity index (χ1n) is 6.97. The Kier molecular flexibility index (Phi) is 4.44. The lowest BCUT2D eigenvalue weighted by atomic mass is 10.1. The van der Waals surface area contributed by atoms with Gasteiger partial charge in [0.2, 0.25) is 0 Å². The van der Waals surface area contributed by atoms with E-state index >= 15 is 0 Å². The highest BCUT2D eigenvalue weighted by molar-refractivity contribution is 9.08. The Hall–Kier alpha value is -1.55. The van der Waals surface area contributed by atoms with E-state index in [0.717, 1.165) is 30.8 Å². The number of benzene rings is 2. The van der Waals surface area contributed by atoms with Gasteiger partial charge in [0.05, 0.1) is 13.2 Å². The summed E-state index contributed by atoms with van der Waals surface area (Å²) in [5, 5.41) is 0.617. The molecule has 0 unspecified atom stereocenters. The number of alkyl halides is 1. The minimum atomic E-state index is -0.267. The molecular weight excluding hydrogens is 335 g/mol. The van der Waals surface area contributed by atoms with Gasteiger partial charge in [-0.2, -0.15) is 0 Å². The summed E-state index contributed by atoms with van der Waals surface area (Å²) >= 11 is 3.33. The summed E-state index contributed by atoms with van der Waals surface area (Å²) in [6.07, 6.45) is 1.77. The zero-order chi connectivity index (χ0) is 14.7. The minimum Gasteiger partial charge on any atom is -0.493 e. The van der Waals surface area contributed by atoms with Crippen LogP contribution in [0.5, 0.6) is 11.5 Å². The fourth-order valence-corrected chi connectivity index (χ4v) is 2.79. The molecule has 0 amide bonds. The van der Waals surface area contributed by atoms with Crippen LogP contribution in [0.1, 0.15) is 16.7 Å². The van der Waals surface area contributed by atoms with Gasteiger partial charge in [0.25, 0.3) is 0 Å². The maximum Gasteiger partial charge on any atom is 0.127 e. The molecule has 2 aromatic carbocycles. The van der Waals surface area contributed by atoms with Crippen molar-refractivity contribution < 1.29 is 13.9 Å². The Balaban J connectivity index is 1.60. The Bertz CT molecular complexity index is 643. The second-order valence-electron chi connectivity index (χ2n) is 5.07. The molecule has 2 aromatic rings. The molecular formula is C17H16BrFO2. The maximum atomic E-state index is 13.4. The topological polar surface area (TPSA) is 18.5 Å². The number of halogens is 2. The molecule has 1 aliphatic heterocycles. The molecule has 0 N–H and O–H groups in total. The Morgan fingerprint density at radius 2 is 2.05 bits per heavy atom. The van der Waals surface area contributed by atoms with Crippen molar-refractivity contribution in [3.63, 3.8) is 0 Å². The lowest BCUT2D eigenvalue weighted by molar-refractivity contribution is 0.320. The number of ether oxygens (including phenoxy) is 2. The quantitative estimate of drug-likeness (QED) is 0.749. The lowest BCUT2D eigenvalue weighted by Gasteiger charge is -2.09. The van der Waals surface area contributed by atoms with E-state index in [0.29, 0.717) is 17.7 Å². The van der Waals surface area contributed by atoms with Gasteiger partial charge in [-0.15, -0.1) is 0 Å². The van der Waals surface area contributed by atoms with E-state index in [2.05, 4.69) is 28.1 Å². The average Bonchev–Trinajstić information content (AvgIpc) is 2.94. The van der Waals surface area contributed by atoms with E-state index in [4.69, 9.17) is 9.47 Å². The fourth-order valence-electron chi connectivity index (χ4n) is 2.46. The van der Waals surface area contributed by atoms with Crippen LogP contribution in [-0.2, 0) is 18.2 Å². The summed E-state index contributed by atoms with van der Waals surface area (Å²) in [5.41, 5.74) is 3.36. The molecule has 21 heavy (non-hydrogen) atoms. The van der Waals surface area contributed by atoms with Crippen LogP contribution in [0.3, 0.4) is 0 Å². The highest BCUT2D eigenvalue weighted by atomic mass is 79.9. The Morgan fingerprint density at radius 3 is 2.90 bits per heavy atom. The molecule has 0 fully saturated rings. The van der Waals surface area contributed by atoms with Gasteiger partial charge < -0.3 is 9.47 Å². The summed E-state index contributed by atoms with van der Waals surface area (Å²) in [4.78, 5) is 0. The van der Waals surface area contributed by atoms with Crippen LogP contribution < -0.4 is 9.47 Å². The number of hydrogen-bond donors (Lipinski definition) is 0. The van der Waals surface area contributed by atoms with Crippen molar-refractivity contribution in [1.82, 2.24) is 0 Å². The zero-order valence-electron chi connectivity index (χ0n) is 11.6. The van der Waals surface area contributed by atoms with Crippen molar-refractivity contribution >= 4 is 15.9 Å². The summed E-state index contributed by atoms with van der Waals surface area (Å²) in [7, 11) is 0. The fraction of sp³-hybridized carbons (Fsp3) is 0.294. The molecule has 0 saturated carbocycles. The van der Waals surface area contributed by atoms with Gasteiger partial charge in [-0.05, 0) is 34.9 Å². The third kappa shape index (κ3) is 3.56. The molecule has 1 aliphatic rings. The van der Waals surface area contributed by atoms with E-state index in [1.54, 1.807) is 0 Å². The monoisotopic (exact) mass is 350 g/mol. The summed E-state index contributed by atoms with van der Waals surface area (Å²) in [5.74, 6) is 1.30. The highest BCUT2D eigenvalue weighted by Gasteiger charge is 2.11. The minimum absolute atomic E-state index is 0.267. The van der Waals surface area contributed by atoms with Crippen LogP contribution in [0.25, 0.3) is 0 Å². The smallest absolute Gasteiger partial charge is 0.127 e. The van der Waals surface area contributed by atoms with Gasteiger partial charge in [0.1, 0.15) is 17.3 Å². The number of hydrogen-bond acceptors (Lipinski definition) is 2. The average molecular weight is 351 g/mol. The molecule has 0 aromatic heterocycles. The molecule has 2 nitrogen and oxygen atoms in total. The predicted molar refractivity (Wildman–Crippen MR) is 83.9 cm³/mol. The van der Waals surface area contributed by atoms with Gasteiger partial charge in [0, 0.05) is 24.2 Å². The highest BCUT2D eigenvalue weighted by Crippen LogP contribution is 2.26. The van der Waals surface area contributed by atoms with Crippen molar-refractivity contribution in [1.29, 1.82) is 0 Å². The maximum absolute atomic E-state index is 13.4. The third-order valence-electron chi connectivity index (χ3n) is 3.50. The molecule has 0 aliphatic carbocycles. The molecule has 4 heteroatoms. The molecule has 0 saturated heterocycles. The van der Waals surface area contributed by atoms with Crippen molar-refractivity contribution in [3.8, 4) is 11.5 Å². The molecule has 0 atom stereocenters. The van der Waals surface area contributed by atoms with Gasteiger partial charge in [0.15, 0.2) is 0 Å². The molecule has 0 bridgehead atoms. The van der Waals surface area contributed by atoms with Gasteiger partial charge >= 0.3 is 0 Å². The standard InChI is InChI=1S/C17H16BrFO2/c18-11-13-8-15(19)10-16(9-13)20-5-3-12-1-2-17-14(7-12)4-6-21-17/h1-2,7-10H,3-6,11H2. The van der Waals surface area contributed by atoms with E-state index < -0.39 is 0 Å². The second-order valence-corrected chi connectivity index (χ2v) is 5.63. The van der Waals surface area contributed by atoms with E-state index in [-0.39, 0.29) is 5.82 Å². The van der Waals surface area contributed by atoms with Crippen LogP contribution in [0, 0.1) is 5.82 Å². The summed E-state index contributed by atoms with van der Waals surface area (Å²) in [6.45, 7) is 1.30. The molecule has 1 heterocycles. The normalized spacial score (nSPS) is 12.9. The van der Waals surface area contributed by atoms with E-state index in [9.17, 15) is 4.39 Å². The first-order valence-corrected chi connectivity index (χ1v) is 8.09. The van der Waals surface area contributed by atoms with Crippen LogP contribution in [0.4, 0.5) is 4.39 Å². The van der Waals surface area contributed by atoms with Crippen molar-refractivity contribution in [3.05, 3.63) is 58.9 Å². The molecule has 3 rings (SSSR count). The molecule has 110 valence electrons. The van der Waals surface area contributed by atoms with Crippen LogP contribution in [-0.4, -0.2) is 13.2 Å². The van der Waals surface area contributed by atoms with Crippen LogP contribution in [0.2, 0.25) is 0 Å². The summed E-state index contributed by atoms with van der Waals surface area (Å²) in [6, 6.07) is 11.0. The molecule has 0 spiro atoms. The third-order valence-corrected chi connectivity index (χ3v) is 4.15. The zero-order valence-corrected chi connectivity index (χ0v) is 13.2. The Morgan fingerprint density at radius 1 is 1.14 bits per heavy atom. The number of rotatable bonds is 5. The van der Waals surface area contributed by atoms with E-state index in [1.165, 1.54) is 23.3 Å². The van der Waals surface area contributed by atoms with Gasteiger partial charge in [-0.3, -0.25) is 0 Å². The lowest BCUT2D eigenvalue weighted by Crippen LogP contribution is -2.02. The largest absolute Gasteiger partial charge is 0.493 e. The second kappa shape index (κ2) is 6.48. The summed E-state index contributed by atoms with van der Waals surface area (Å²) < 4.78 is 24.5. The Labute approximate surface area is 132 Å².